The molecule has 130 valence electrons. The summed E-state index contributed by atoms with van der Waals surface area (Å²) in [7, 11) is 0. The largest absolute Gasteiger partial charge is 0.346 e. The maximum absolute atomic E-state index is 12.6. The molecule has 7 heteroatoms. The second-order valence-electron chi connectivity index (χ2n) is 6.50. The molecule has 3 fully saturated rings. The summed E-state index contributed by atoms with van der Waals surface area (Å²) in [6, 6.07) is 1.81. The molecule has 0 aliphatic carbocycles. The van der Waals surface area contributed by atoms with Crippen molar-refractivity contribution in [1.29, 1.82) is 0 Å². The highest BCUT2D eigenvalue weighted by atomic mass is 32.1. The number of hydrogen-bond acceptors (Lipinski definition) is 4. The van der Waals surface area contributed by atoms with Gasteiger partial charge in [-0.05, 0) is 43.8 Å². The Morgan fingerprint density at radius 3 is 2.88 bits per heavy atom. The Balaban J connectivity index is 1.55. The molecule has 2 bridgehead atoms. The molecule has 4 nitrogen and oxygen atoms in total. The summed E-state index contributed by atoms with van der Waals surface area (Å²) in [5.74, 6) is 4.68. The molecule has 0 spiro atoms. The van der Waals surface area contributed by atoms with Crippen molar-refractivity contribution in [1.82, 2.24) is 15.2 Å². The number of carbonyl (C=O) groups is 1. The minimum atomic E-state index is -2.67. The molecular formula is C18H17F2N3OS. The van der Waals surface area contributed by atoms with Crippen LogP contribution in [-0.4, -0.2) is 47.9 Å². The number of nitrogens with zero attached hydrogens (tertiary/aromatic N) is 2. The number of amides is 1. The lowest BCUT2D eigenvalue weighted by Gasteiger charge is -2.44. The lowest BCUT2D eigenvalue weighted by atomic mass is 9.84. The van der Waals surface area contributed by atoms with Gasteiger partial charge in [0.15, 0.2) is 0 Å². The first-order valence-corrected chi connectivity index (χ1v) is 9.18. The molecule has 1 amide bonds. The number of nitrogens with one attached hydrogen (secondary N) is 1. The number of rotatable bonds is 2. The minimum Gasteiger partial charge on any atom is -0.346 e. The normalized spacial score (nSPS) is 25.0. The lowest BCUT2D eigenvalue weighted by molar-refractivity contribution is 0.0618. The van der Waals surface area contributed by atoms with Gasteiger partial charge >= 0.3 is 0 Å². The van der Waals surface area contributed by atoms with E-state index in [0.717, 1.165) is 37.2 Å². The number of alkyl halides is 2. The zero-order valence-electron chi connectivity index (χ0n) is 13.5. The van der Waals surface area contributed by atoms with E-state index >= 15 is 0 Å². The van der Waals surface area contributed by atoms with Crippen LogP contribution < -0.4 is 5.32 Å². The molecule has 1 N–H and O–H groups in total. The fraction of sp³-hybridized carbons (Fsp3) is 0.444. The molecule has 0 radical (unpaired) electrons. The number of hydrogen-bond donors (Lipinski definition) is 1. The Kier molecular flexibility index (Phi) is 4.40. The number of halogens is 2. The first kappa shape index (κ1) is 16.4. The Hall–Kier alpha value is -2.04. The van der Waals surface area contributed by atoms with E-state index in [0.29, 0.717) is 22.6 Å². The van der Waals surface area contributed by atoms with Gasteiger partial charge in [-0.2, -0.15) is 8.78 Å². The van der Waals surface area contributed by atoms with Gasteiger partial charge < -0.3 is 10.2 Å². The highest BCUT2D eigenvalue weighted by Gasteiger charge is 2.35. The number of fused-ring (bicyclic) bond motifs is 4. The molecule has 2 aromatic heterocycles. The molecular weight excluding hydrogens is 344 g/mol. The molecule has 0 saturated carbocycles. The van der Waals surface area contributed by atoms with Gasteiger partial charge in [0, 0.05) is 35.1 Å². The zero-order chi connectivity index (χ0) is 17.4. The zero-order valence-corrected chi connectivity index (χ0v) is 14.3. The Labute approximate surface area is 148 Å². The molecule has 25 heavy (non-hydrogen) atoms. The monoisotopic (exact) mass is 361 g/mol. The average Bonchev–Trinajstić information content (AvgIpc) is 3.03. The number of aromatic nitrogens is 1. The van der Waals surface area contributed by atoms with Crippen LogP contribution in [-0.2, 0) is 0 Å². The summed E-state index contributed by atoms with van der Waals surface area (Å²) >= 11 is 1.38. The third-order valence-electron chi connectivity index (χ3n) is 4.98. The number of carbonyl (C=O) groups excluding carboxylic acids is 1. The summed E-state index contributed by atoms with van der Waals surface area (Å²) in [5, 5.41) is 5.52. The quantitative estimate of drug-likeness (QED) is 0.837. The van der Waals surface area contributed by atoms with E-state index in [9.17, 15) is 13.6 Å². The molecule has 5 rings (SSSR count). The second kappa shape index (κ2) is 6.70. The van der Waals surface area contributed by atoms with E-state index in [1.165, 1.54) is 11.3 Å². The standard InChI is InChI=1S/C18H17F2N3OS/c19-17(20)2-1-12-10-25-16-8-21-14(7-13(12)16)18(24)22-15-9-23-5-3-11(15)4-6-23/h7-8,10-11,15,17H,3-6,9H2,(H,22,24)/t15-/m0/s1. The number of thiophene rings is 1. The summed E-state index contributed by atoms with van der Waals surface area (Å²) in [5.41, 5.74) is 0.821. The van der Waals surface area contributed by atoms with Gasteiger partial charge in [0.25, 0.3) is 12.3 Å². The third kappa shape index (κ3) is 3.37. The van der Waals surface area contributed by atoms with Crippen LogP contribution in [0.3, 0.4) is 0 Å². The number of pyridine rings is 1. The molecule has 2 aromatic rings. The summed E-state index contributed by atoms with van der Waals surface area (Å²) < 4.78 is 25.5. The Bertz CT molecular complexity index is 862. The molecule has 3 aliphatic rings. The van der Waals surface area contributed by atoms with Crippen molar-refractivity contribution >= 4 is 27.3 Å². The van der Waals surface area contributed by atoms with Gasteiger partial charge in [0.1, 0.15) is 5.69 Å². The van der Waals surface area contributed by atoms with Crippen LogP contribution in [0.5, 0.6) is 0 Å². The molecule has 1 atom stereocenters. The van der Waals surface area contributed by atoms with Crippen LogP contribution in [0.1, 0.15) is 28.9 Å². The summed E-state index contributed by atoms with van der Waals surface area (Å²) in [6.07, 6.45) is 1.18. The van der Waals surface area contributed by atoms with Crippen molar-refractivity contribution < 1.29 is 13.6 Å². The first-order valence-electron chi connectivity index (χ1n) is 8.30. The third-order valence-corrected chi connectivity index (χ3v) is 5.92. The van der Waals surface area contributed by atoms with Gasteiger partial charge in [0.05, 0.1) is 4.70 Å². The van der Waals surface area contributed by atoms with Gasteiger partial charge in [-0.15, -0.1) is 11.3 Å². The van der Waals surface area contributed by atoms with E-state index in [4.69, 9.17) is 0 Å². The van der Waals surface area contributed by atoms with Gasteiger partial charge in [-0.25, -0.2) is 4.98 Å². The van der Waals surface area contributed by atoms with E-state index in [1.807, 2.05) is 5.92 Å². The predicted molar refractivity (Wildman–Crippen MR) is 92.9 cm³/mol. The van der Waals surface area contributed by atoms with E-state index in [1.54, 1.807) is 17.6 Å². The van der Waals surface area contributed by atoms with E-state index in [2.05, 4.69) is 21.1 Å². The SMILES string of the molecule is O=C(N[C@H]1CN2CCC1CC2)c1cc2c(C#CC(F)F)csc2cn1. The molecule has 0 unspecified atom stereocenters. The van der Waals surface area contributed by atoms with Crippen LogP contribution in [0, 0.1) is 17.8 Å². The van der Waals surface area contributed by atoms with Crippen molar-refractivity contribution in [3.63, 3.8) is 0 Å². The van der Waals surface area contributed by atoms with Crippen LogP contribution >= 0.6 is 11.3 Å². The average molecular weight is 361 g/mol. The van der Waals surface area contributed by atoms with Crippen LogP contribution in [0.25, 0.3) is 10.1 Å². The van der Waals surface area contributed by atoms with Crippen molar-refractivity contribution in [2.24, 2.45) is 5.92 Å². The maximum atomic E-state index is 12.6. The smallest absolute Gasteiger partial charge is 0.299 e. The minimum absolute atomic E-state index is 0.160. The number of piperidine rings is 3. The Morgan fingerprint density at radius 2 is 2.20 bits per heavy atom. The van der Waals surface area contributed by atoms with Crippen LogP contribution in [0.2, 0.25) is 0 Å². The van der Waals surface area contributed by atoms with Gasteiger partial charge in [-0.3, -0.25) is 4.79 Å². The first-order chi connectivity index (χ1) is 12.1. The molecule has 0 aromatic carbocycles. The second-order valence-corrected chi connectivity index (χ2v) is 7.41. The maximum Gasteiger partial charge on any atom is 0.299 e. The van der Waals surface area contributed by atoms with Crippen molar-refractivity contribution in [2.75, 3.05) is 19.6 Å². The van der Waals surface area contributed by atoms with Crippen LogP contribution in [0.4, 0.5) is 8.78 Å². The topological polar surface area (TPSA) is 45.2 Å². The molecule has 5 heterocycles. The highest BCUT2D eigenvalue weighted by Crippen LogP contribution is 2.28. The van der Waals surface area contributed by atoms with Crippen molar-refractivity contribution in [3.05, 3.63) is 28.9 Å². The lowest BCUT2D eigenvalue weighted by Crippen LogP contribution is -2.57. The fourth-order valence-electron chi connectivity index (χ4n) is 3.66. The van der Waals surface area contributed by atoms with Crippen LogP contribution in [0.15, 0.2) is 17.6 Å². The Morgan fingerprint density at radius 1 is 1.40 bits per heavy atom. The molecule has 3 aliphatic heterocycles. The highest BCUT2D eigenvalue weighted by molar-refractivity contribution is 7.17. The van der Waals surface area contributed by atoms with E-state index < -0.39 is 6.43 Å². The predicted octanol–water partition coefficient (Wildman–Crippen LogP) is 2.74. The molecule has 3 saturated heterocycles. The summed E-state index contributed by atoms with van der Waals surface area (Å²) in [6.45, 7) is 3.12. The van der Waals surface area contributed by atoms with Gasteiger partial charge in [0.2, 0.25) is 0 Å². The van der Waals surface area contributed by atoms with Crippen molar-refractivity contribution in [2.45, 2.75) is 25.3 Å². The fourth-order valence-corrected chi connectivity index (χ4v) is 4.50. The van der Waals surface area contributed by atoms with Crippen molar-refractivity contribution in [3.8, 4) is 11.8 Å². The van der Waals surface area contributed by atoms with E-state index in [-0.39, 0.29) is 11.9 Å². The summed E-state index contributed by atoms with van der Waals surface area (Å²) in [4.78, 5) is 19.2. The van der Waals surface area contributed by atoms with Gasteiger partial charge in [-0.1, -0.05) is 5.92 Å².